The number of anilines is 1. The van der Waals surface area contributed by atoms with Crippen LogP contribution in [0.15, 0.2) is 22.7 Å². The first-order chi connectivity index (χ1) is 9.13. The molecule has 0 aliphatic heterocycles. The van der Waals surface area contributed by atoms with E-state index in [1.54, 1.807) is 11.3 Å². The first-order valence-electron chi connectivity index (χ1n) is 6.19. The number of thiazole rings is 1. The minimum atomic E-state index is -0.0944. The molecule has 1 aromatic heterocycles. The van der Waals surface area contributed by atoms with Crippen LogP contribution < -0.4 is 5.32 Å². The maximum absolute atomic E-state index is 12.1. The summed E-state index contributed by atoms with van der Waals surface area (Å²) in [5.74, 6) is -0.0944. The van der Waals surface area contributed by atoms with Gasteiger partial charge in [-0.05, 0) is 49.9 Å². The lowest BCUT2D eigenvalue weighted by Crippen LogP contribution is -2.12. The van der Waals surface area contributed by atoms with E-state index in [1.165, 1.54) is 11.3 Å². The Morgan fingerprint density at radius 2 is 2.26 bits per heavy atom. The summed E-state index contributed by atoms with van der Waals surface area (Å²) in [7, 11) is 0. The lowest BCUT2D eigenvalue weighted by molar-refractivity contribution is 0.102. The van der Waals surface area contributed by atoms with Gasteiger partial charge in [0.25, 0.3) is 5.91 Å². The Morgan fingerprint density at radius 1 is 1.42 bits per heavy atom. The summed E-state index contributed by atoms with van der Waals surface area (Å²) in [5.41, 5.74) is 2.87. The zero-order chi connectivity index (χ0) is 13.4. The minimum absolute atomic E-state index is 0.0944. The van der Waals surface area contributed by atoms with Gasteiger partial charge in [0.2, 0.25) is 0 Å². The van der Waals surface area contributed by atoms with Gasteiger partial charge in [0, 0.05) is 14.9 Å². The molecule has 0 spiro atoms. The van der Waals surface area contributed by atoms with Crippen molar-refractivity contribution in [1.29, 1.82) is 0 Å². The second kappa shape index (κ2) is 5.06. The molecule has 3 rings (SSSR count). The molecule has 1 aromatic carbocycles. The fraction of sp³-hybridized carbons (Fsp3) is 0.286. The van der Waals surface area contributed by atoms with Gasteiger partial charge in [-0.3, -0.25) is 10.1 Å². The monoisotopic (exact) mass is 336 g/mol. The van der Waals surface area contributed by atoms with Crippen LogP contribution in [0.1, 0.15) is 32.9 Å². The van der Waals surface area contributed by atoms with E-state index >= 15 is 0 Å². The van der Waals surface area contributed by atoms with E-state index in [2.05, 4.69) is 26.2 Å². The summed E-state index contributed by atoms with van der Waals surface area (Å²) in [6.07, 6.45) is 3.33. The van der Waals surface area contributed by atoms with E-state index in [1.807, 2.05) is 25.1 Å². The number of rotatable bonds is 2. The van der Waals surface area contributed by atoms with Crippen LogP contribution in [0.5, 0.6) is 0 Å². The Labute approximate surface area is 124 Å². The van der Waals surface area contributed by atoms with Crippen molar-refractivity contribution in [2.75, 3.05) is 5.32 Å². The highest BCUT2D eigenvalue weighted by Crippen LogP contribution is 2.30. The van der Waals surface area contributed by atoms with E-state index in [0.717, 1.165) is 33.7 Å². The van der Waals surface area contributed by atoms with Crippen LogP contribution >= 0.6 is 27.3 Å². The highest BCUT2D eigenvalue weighted by atomic mass is 79.9. The zero-order valence-corrected chi connectivity index (χ0v) is 12.9. The molecule has 5 heteroatoms. The Morgan fingerprint density at radius 3 is 3.00 bits per heavy atom. The summed E-state index contributed by atoms with van der Waals surface area (Å²) in [6.45, 7) is 1.97. The number of halogens is 1. The van der Waals surface area contributed by atoms with E-state index in [4.69, 9.17) is 0 Å². The van der Waals surface area contributed by atoms with Gasteiger partial charge in [0.15, 0.2) is 5.13 Å². The third-order valence-corrected chi connectivity index (χ3v) is 5.20. The van der Waals surface area contributed by atoms with Gasteiger partial charge in [-0.15, -0.1) is 11.3 Å². The third-order valence-electron chi connectivity index (χ3n) is 3.24. The molecule has 0 bridgehead atoms. The van der Waals surface area contributed by atoms with Gasteiger partial charge in [-0.25, -0.2) is 4.98 Å². The average Bonchev–Trinajstić information content (AvgIpc) is 2.93. The molecule has 0 unspecified atom stereocenters. The quantitative estimate of drug-likeness (QED) is 0.901. The molecule has 98 valence electrons. The third kappa shape index (κ3) is 2.58. The Balaban J connectivity index is 1.78. The second-order valence-corrected chi connectivity index (χ2v) is 6.60. The highest BCUT2D eigenvalue weighted by Gasteiger charge is 2.18. The predicted molar refractivity (Wildman–Crippen MR) is 81.0 cm³/mol. The van der Waals surface area contributed by atoms with Crippen LogP contribution in [0, 0.1) is 6.92 Å². The van der Waals surface area contributed by atoms with Gasteiger partial charge in [0.05, 0.1) is 5.69 Å². The van der Waals surface area contributed by atoms with Crippen LogP contribution in [-0.2, 0) is 12.8 Å². The first kappa shape index (κ1) is 12.8. The Kier molecular flexibility index (Phi) is 3.41. The first-order valence-corrected chi connectivity index (χ1v) is 7.80. The standard InChI is InChI=1S/C14H13BrN2OS/c1-8-7-9(5-6-10(8)15)13(18)17-14-16-11-3-2-4-12(11)19-14/h5-7H,2-4H2,1H3,(H,16,17,18). The normalized spacial score (nSPS) is 13.4. The number of nitrogens with zero attached hydrogens (tertiary/aromatic N) is 1. The molecule has 3 nitrogen and oxygen atoms in total. The number of amides is 1. The van der Waals surface area contributed by atoms with Gasteiger partial charge >= 0.3 is 0 Å². The van der Waals surface area contributed by atoms with Gasteiger partial charge in [-0.1, -0.05) is 15.9 Å². The summed E-state index contributed by atoms with van der Waals surface area (Å²) < 4.78 is 1.01. The van der Waals surface area contributed by atoms with Crippen molar-refractivity contribution in [3.63, 3.8) is 0 Å². The van der Waals surface area contributed by atoms with Crippen molar-refractivity contribution in [1.82, 2.24) is 4.98 Å². The molecule has 2 aromatic rings. The molecular formula is C14H13BrN2OS. The number of hydrogen-bond donors (Lipinski definition) is 1. The Bertz CT molecular complexity index is 629. The zero-order valence-electron chi connectivity index (χ0n) is 10.5. The lowest BCUT2D eigenvalue weighted by atomic mass is 10.1. The van der Waals surface area contributed by atoms with Crippen LogP contribution in [0.2, 0.25) is 0 Å². The number of benzene rings is 1. The molecule has 0 fully saturated rings. The van der Waals surface area contributed by atoms with Gasteiger partial charge < -0.3 is 0 Å². The van der Waals surface area contributed by atoms with Crippen LogP contribution in [-0.4, -0.2) is 10.9 Å². The summed E-state index contributed by atoms with van der Waals surface area (Å²) >= 11 is 5.03. The molecule has 1 aliphatic rings. The SMILES string of the molecule is Cc1cc(C(=O)Nc2nc3c(s2)CCC3)ccc1Br. The van der Waals surface area contributed by atoms with Crippen LogP contribution in [0.25, 0.3) is 0 Å². The molecular weight excluding hydrogens is 324 g/mol. The molecule has 19 heavy (non-hydrogen) atoms. The summed E-state index contributed by atoms with van der Waals surface area (Å²) in [5, 5.41) is 3.61. The summed E-state index contributed by atoms with van der Waals surface area (Å²) in [4.78, 5) is 17.9. The van der Waals surface area contributed by atoms with Gasteiger partial charge in [-0.2, -0.15) is 0 Å². The molecule has 1 amide bonds. The highest BCUT2D eigenvalue weighted by molar-refractivity contribution is 9.10. The van der Waals surface area contributed by atoms with Crippen molar-refractivity contribution >= 4 is 38.3 Å². The average molecular weight is 337 g/mol. The number of hydrogen-bond acceptors (Lipinski definition) is 3. The van der Waals surface area contributed by atoms with Gasteiger partial charge in [0.1, 0.15) is 0 Å². The smallest absolute Gasteiger partial charge is 0.257 e. The number of carbonyl (C=O) groups is 1. The largest absolute Gasteiger partial charge is 0.298 e. The van der Waals surface area contributed by atoms with Crippen molar-refractivity contribution in [2.45, 2.75) is 26.2 Å². The van der Waals surface area contributed by atoms with Crippen molar-refractivity contribution in [3.8, 4) is 0 Å². The number of carbonyl (C=O) groups excluding carboxylic acids is 1. The fourth-order valence-electron chi connectivity index (χ4n) is 2.20. The molecule has 1 N–H and O–H groups in total. The lowest BCUT2D eigenvalue weighted by Gasteiger charge is -2.04. The number of nitrogens with one attached hydrogen (secondary N) is 1. The predicted octanol–water partition coefficient (Wildman–Crippen LogP) is 3.96. The minimum Gasteiger partial charge on any atom is -0.298 e. The maximum atomic E-state index is 12.1. The van der Waals surface area contributed by atoms with Crippen molar-refractivity contribution < 1.29 is 4.79 Å². The maximum Gasteiger partial charge on any atom is 0.257 e. The van der Waals surface area contributed by atoms with Crippen LogP contribution in [0.3, 0.4) is 0 Å². The molecule has 0 saturated carbocycles. The van der Waals surface area contributed by atoms with E-state index in [0.29, 0.717) is 5.56 Å². The molecule has 0 saturated heterocycles. The fourth-order valence-corrected chi connectivity index (χ4v) is 3.49. The number of aryl methyl sites for hydroxylation is 3. The second-order valence-electron chi connectivity index (χ2n) is 4.66. The topological polar surface area (TPSA) is 42.0 Å². The van der Waals surface area contributed by atoms with E-state index in [-0.39, 0.29) is 5.91 Å². The molecule has 0 atom stereocenters. The van der Waals surface area contributed by atoms with Crippen LogP contribution in [0.4, 0.5) is 5.13 Å². The molecule has 1 heterocycles. The Hall–Kier alpha value is -1.20. The number of fused-ring (bicyclic) bond motifs is 1. The van der Waals surface area contributed by atoms with E-state index < -0.39 is 0 Å². The summed E-state index contributed by atoms with van der Waals surface area (Å²) in [6, 6.07) is 5.58. The number of aromatic nitrogens is 1. The van der Waals surface area contributed by atoms with Crippen molar-refractivity contribution in [3.05, 3.63) is 44.4 Å². The van der Waals surface area contributed by atoms with E-state index in [9.17, 15) is 4.79 Å². The van der Waals surface area contributed by atoms with Crippen molar-refractivity contribution in [2.24, 2.45) is 0 Å². The molecule has 0 radical (unpaired) electrons. The molecule has 1 aliphatic carbocycles.